The molecule has 4 N–H and O–H groups in total. The van der Waals surface area contributed by atoms with Crippen LogP contribution in [-0.2, 0) is 0 Å². The Morgan fingerprint density at radius 3 is 2.68 bits per heavy atom. The van der Waals surface area contributed by atoms with Crippen molar-refractivity contribution in [1.82, 2.24) is 15.2 Å². The lowest BCUT2D eigenvalue weighted by Crippen LogP contribution is -2.29. The number of fused-ring (bicyclic) bond motifs is 1. The number of halogens is 1. The first kappa shape index (κ1) is 23.8. The van der Waals surface area contributed by atoms with Gasteiger partial charge in [0, 0.05) is 29.1 Å². The van der Waals surface area contributed by atoms with Crippen LogP contribution >= 0.6 is 12.4 Å². The molecule has 1 aromatic heterocycles. The Balaban J connectivity index is 0.00000272. The highest BCUT2D eigenvalue weighted by molar-refractivity contribution is 5.85. The Hall–Kier alpha value is -1.85. The molecule has 4 rings (SSSR count). The van der Waals surface area contributed by atoms with Crippen molar-refractivity contribution in [2.45, 2.75) is 44.6 Å². The number of piperidine rings is 1. The maximum absolute atomic E-state index is 5.66. The van der Waals surface area contributed by atoms with Crippen LogP contribution in [-0.4, -0.2) is 37.3 Å². The summed E-state index contributed by atoms with van der Waals surface area (Å²) in [6.45, 7) is 7.16. The topological polar surface area (TPSA) is 55.0 Å². The zero-order valence-electron chi connectivity index (χ0n) is 18.6. The van der Waals surface area contributed by atoms with Gasteiger partial charge in [-0.2, -0.15) is 0 Å². The van der Waals surface area contributed by atoms with Crippen LogP contribution in [0.3, 0.4) is 0 Å². The average molecular weight is 441 g/mol. The van der Waals surface area contributed by atoms with Gasteiger partial charge in [0.25, 0.3) is 0 Å². The van der Waals surface area contributed by atoms with Crippen molar-refractivity contribution in [2.75, 3.05) is 32.7 Å². The molecule has 4 nitrogen and oxygen atoms in total. The van der Waals surface area contributed by atoms with Crippen molar-refractivity contribution in [3.05, 3.63) is 71.4 Å². The van der Waals surface area contributed by atoms with Gasteiger partial charge in [-0.05, 0) is 82.5 Å². The van der Waals surface area contributed by atoms with Gasteiger partial charge in [-0.3, -0.25) is 0 Å². The molecule has 0 aliphatic carbocycles. The first-order valence-corrected chi connectivity index (χ1v) is 11.6. The number of aromatic nitrogens is 1. The molecule has 2 heterocycles. The van der Waals surface area contributed by atoms with E-state index in [4.69, 9.17) is 5.73 Å². The summed E-state index contributed by atoms with van der Waals surface area (Å²) in [5.74, 6) is 0.392. The average Bonchev–Trinajstić information content (AvgIpc) is 3.16. The molecule has 2 aromatic carbocycles. The monoisotopic (exact) mass is 440 g/mol. The van der Waals surface area contributed by atoms with E-state index in [0.717, 1.165) is 45.6 Å². The van der Waals surface area contributed by atoms with Gasteiger partial charge in [-0.25, -0.2) is 0 Å². The predicted molar refractivity (Wildman–Crippen MR) is 135 cm³/mol. The zero-order valence-corrected chi connectivity index (χ0v) is 19.5. The molecule has 0 bridgehead atoms. The number of hydrogen-bond donors (Lipinski definition) is 3. The predicted octanol–water partition coefficient (Wildman–Crippen LogP) is 4.76. The molecular weight excluding hydrogens is 404 g/mol. The van der Waals surface area contributed by atoms with Crippen molar-refractivity contribution in [2.24, 2.45) is 5.73 Å². The quantitative estimate of drug-likeness (QED) is 0.420. The minimum atomic E-state index is 0. The Morgan fingerprint density at radius 1 is 1.10 bits per heavy atom. The van der Waals surface area contributed by atoms with Crippen LogP contribution < -0.4 is 16.4 Å². The van der Waals surface area contributed by atoms with E-state index in [0.29, 0.717) is 12.0 Å². The summed E-state index contributed by atoms with van der Waals surface area (Å²) in [6, 6.07) is 18.6. The Bertz CT molecular complexity index is 945. The number of benzene rings is 2. The second kappa shape index (κ2) is 11.7. The summed E-state index contributed by atoms with van der Waals surface area (Å²) in [5.41, 5.74) is 11.3. The standard InChI is InChI=1S/C26H36N4.ClH/c1-20-6-4-7-21(18-20)23(12-17-28-14-5-13-27)25-19-30(22-10-15-29-16-11-22)26-9-3-2-8-24(25)26;/h2-4,6-9,18-19,22-23,28-29H,5,10-17,27H2,1H3;1H. The van der Waals surface area contributed by atoms with E-state index in [1.165, 1.54) is 40.4 Å². The molecule has 1 aliphatic heterocycles. The number of nitrogens with one attached hydrogen (secondary N) is 2. The number of aryl methyl sites for hydroxylation is 1. The summed E-state index contributed by atoms with van der Waals surface area (Å²) < 4.78 is 2.57. The molecule has 168 valence electrons. The summed E-state index contributed by atoms with van der Waals surface area (Å²) >= 11 is 0. The second-order valence-electron chi connectivity index (χ2n) is 8.64. The van der Waals surface area contributed by atoms with Crippen LogP contribution in [0.5, 0.6) is 0 Å². The fraction of sp³-hybridized carbons (Fsp3) is 0.462. The Kier molecular flexibility index (Phi) is 8.97. The largest absolute Gasteiger partial charge is 0.344 e. The van der Waals surface area contributed by atoms with Gasteiger partial charge in [0.2, 0.25) is 0 Å². The van der Waals surface area contributed by atoms with Gasteiger partial charge < -0.3 is 20.9 Å². The van der Waals surface area contributed by atoms with Gasteiger partial charge >= 0.3 is 0 Å². The normalized spacial score (nSPS) is 15.7. The highest BCUT2D eigenvalue weighted by Crippen LogP contribution is 2.37. The molecule has 1 atom stereocenters. The van der Waals surface area contributed by atoms with E-state index in [1.54, 1.807) is 0 Å². The van der Waals surface area contributed by atoms with Gasteiger partial charge in [0.05, 0.1) is 0 Å². The minimum Gasteiger partial charge on any atom is -0.344 e. The molecule has 31 heavy (non-hydrogen) atoms. The lowest BCUT2D eigenvalue weighted by molar-refractivity contribution is 0.375. The van der Waals surface area contributed by atoms with Crippen LogP contribution in [0.15, 0.2) is 54.7 Å². The van der Waals surface area contributed by atoms with Crippen molar-refractivity contribution in [3.63, 3.8) is 0 Å². The zero-order chi connectivity index (χ0) is 20.8. The molecule has 1 saturated heterocycles. The summed E-state index contributed by atoms with van der Waals surface area (Å²) in [5, 5.41) is 8.51. The molecule has 0 radical (unpaired) electrons. The van der Waals surface area contributed by atoms with Crippen LogP contribution in [0.4, 0.5) is 0 Å². The molecule has 0 amide bonds. The maximum atomic E-state index is 5.66. The third kappa shape index (κ3) is 5.69. The summed E-state index contributed by atoms with van der Waals surface area (Å²) in [7, 11) is 0. The number of rotatable bonds is 9. The lowest BCUT2D eigenvalue weighted by Gasteiger charge is -2.25. The van der Waals surface area contributed by atoms with Crippen LogP contribution in [0.25, 0.3) is 10.9 Å². The van der Waals surface area contributed by atoms with E-state index < -0.39 is 0 Å². The number of para-hydroxylation sites is 1. The number of hydrogen-bond acceptors (Lipinski definition) is 3. The molecule has 5 heteroatoms. The maximum Gasteiger partial charge on any atom is 0.0485 e. The smallest absolute Gasteiger partial charge is 0.0485 e. The van der Waals surface area contributed by atoms with Gasteiger partial charge in [0.1, 0.15) is 0 Å². The molecule has 0 spiro atoms. The fourth-order valence-corrected chi connectivity index (χ4v) is 4.88. The number of nitrogens with two attached hydrogens (primary N) is 1. The van der Waals surface area contributed by atoms with Gasteiger partial charge in [-0.15, -0.1) is 12.4 Å². The third-order valence-corrected chi connectivity index (χ3v) is 6.46. The summed E-state index contributed by atoms with van der Waals surface area (Å²) in [4.78, 5) is 0. The summed E-state index contributed by atoms with van der Waals surface area (Å²) in [6.07, 6.45) is 6.99. The van der Waals surface area contributed by atoms with Gasteiger partial charge in [-0.1, -0.05) is 48.0 Å². The van der Waals surface area contributed by atoms with Crippen molar-refractivity contribution in [3.8, 4) is 0 Å². The van der Waals surface area contributed by atoms with E-state index in [-0.39, 0.29) is 12.4 Å². The molecule has 1 aliphatic rings. The highest BCUT2D eigenvalue weighted by Gasteiger charge is 2.23. The van der Waals surface area contributed by atoms with E-state index in [2.05, 4.69) is 76.9 Å². The first-order chi connectivity index (χ1) is 14.8. The minimum absolute atomic E-state index is 0. The van der Waals surface area contributed by atoms with E-state index >= 15 is 0 Å². The Labute approximate surface area is 193 Å². The van der Waals surface area contributed by atoms with E-state index in [1.807, 2.05) is 0 Å². The van der Waals surface area contributed by atoms with Crippen LogP contribution in [0.2, 0.25) is 0 Å². The first-order valence-electron chi connectivity index (χ1n) is 11.6. The van der Waals surface area contributed by atoms with Crippen molar-refractivity contribution in [1.29, 1.82) is 0 Å². The number of nitrogens with zero attached hydrogens (tertiary/aromatic N) is 1. The SMILES string of the molecule is Cc1cccc(C(CCNCCCN)c2cn(C3CCNCC3)c3ccccc23)c1.Cl. The molecular formula is C26H37ClN4. The fourth-order valence-electron chi connectivity index (χ4n) is 4.88. The molecule has 1 fully saturated rings. The highest BCUT2D eigenvalue weighted by atomic mass is 35.5. The lowest BCUT2D eigenvalue weighted by atomic mass is 9.87. The molecule has 1 unspecified atom stereocenters. The second-order valence-corrected chi connectivity index (χ2v) is 8.64. The third-order valence-electron chi connectivity index (χ3n) is 6.46. The van der Waals surface area contributed by atoms with Crippen LogP contribution in [0.1, 0.15) is 54.3 Å². The molecule has 3 aromatic rings. The molecule has 0 saturated carbocycles. The van der Waals surface area contributed by atoms with E-state index in [9.17, 15) is 0 Å². The Morgan fingerprint density at radius 2 is 1.90 bits per heavy atom. The van der Waals surface area contributed by atoms with Gasteiger partial charge in [0.15, 0.2) is 0 Å². The van der Waals surface area contributed by atoms with Crippen LogP contribution in [0, 0.1) is 6.92 Å². The van der Waals surface area contributed by atoms with Crippen molar-refractivity contribution < 1.29 is 0 Å². The van der Waals surface area contributed by atoms with Crippen molar-refractivity contribution >= 4 is 23.3 Å².